The first-order chi connectivity index (χ1) is 13.2. The van der Waals surface area contributed by atoms with Gasteiger partial charge in [-0.2, -0.15) is 0 Å². The number of nitrogens with one attached hydrogen (secondary N) is 1. The zero-order chi connectivity index (χ0) is 19.1. The van der Waals surface area contributed by atoms with Crippen LogP contribution in [0.1, 0.15) is 30.1 Å². The molecule has 1 aliphatic heterocycles. The summed E-state index contributed by atoms with van der Waals surface area (Å²) >= 11 is 0. The van der Waals surface area contributed by atoms with Crippen LogP contribution in [0.15, 0.2) is 48.5 Å². The third kappa shape index (κ3) is 5.44. The van der Waals surface area contributed by atoms with Crippen LogP contribution in [0.25, 0.3) is 0 Å². The molecule has 144 valence electrons. The van der Waals surface area contributed by atoms with Crippen molar-refractivity contribution in [1.29, 1.82) is 0 Å². The molecular weight excluding hydrogens is 340 g/mol. The molecule has 1 aliphatic rings. The molecule has 1 saturated heterocycles. The minimum Gasteiger partial charge on any atom is -0.481 e. The molecule has 0 bridgehead atoms. The number of methoxy groups -OCH3 is 1. The highest BCUT2D eigenvalue weighted by molar-refractivity contribution is 5.74. The topological polar surface area (TPSA) is 57.7 Å². The largest absolute Gasteiger partial charge is 0.481 e. The molecule has 1 aromatic carbocycles. The first kappa shape index (κ1) is 19.2. The van der Waals surface area contributed by atoms with Crippen molar-refractivity contribution in [2.45, 2.75) is 25.4 Å². The number of benzene rings is 1. The lowest BCUT2D eigenvalue weighted by Gasteiger charge is -2.27. The lowest BCUT2D eigenvalue weighted by Crippen LogP contribution is -2.42. The van der Waals surface area contributed by atoms with Gasteiger partial charge in [0.2, 0.25) is 5.88 Å². The quantitative estimate of drug-likeness (QED) is 0.816. The molecular formula is C21H28N4O2. The minimum atomic E-state index is -0.104. The van der Waals surface area contributed by atoms with E-state index >= 15 is 0 Å². The molecule has 1 atom stereocenters. The van der Waals surface area contributed by atoms with Gasteiger partial charge in [0.05, 0.1) is 25.4 Å². The van der Waals surface area contributed by atoms with Crippen LogP contribution >= 0.6 is 0 Å². The van der Waals surface area contributed by atoms with Crippen LogP contribution in [0.2, 0.25) is 0 Å². The fourth-order valence-corrected chi connectivity index (χ4v) is 3.38. The Morgan fingerprint density at radius 2 is 1.93 bits per heavy atom. The third-order valence-corrected chi connectivity index (χ3v) is 4.88. The first-order valence-corrected chi connectivity index (χ1v) is 9.44. The molecule has 2 heterocycles. The fraction of sp³-hybridized carbons (Fsp3) is 0.429. The number of rotatable bonds is 7. The van der Waals surface area contributed by atoms with Crippen LogP contribution in [0.4, 0.5) is 4.79 Å². The fourth-order valence-electron chi connectivity index (χ4n) is 3.38. The van der Waals surface area contributed by atoms with Crippen molar-refractivity contribution in [3.8, 4) is 5.88 Å². The van der Waals surface area contributed by atoms with Gasteiger partial charge in [-0.3, -0.25) is 0 Å². The number of amides is 2. The SMILES string of the molecule is COc1cccc(CN(C)C(=O)NC(CN2CCCC2)c2ccccc2)n1. The van der Waals surface area contributed by atoms with Crippen LogP contribution in [-0.2, 0) is 6.54 Å². The van der Waals surface area contributed by atoms with E-state index < -0.39 is 0 Å². The van der Waals surface area contributed by atoms with Crippen molar-refractivity contribution in [1.82, 2.24) is 20.1 Å². The molecule has 1 fully saturated rings. The number of pyridine rings is 1. The molecule has 0 saturated carbocycles. The highest BCUT2D eigenvalue weighted by Crippen LogP contribution is 2.18. The number of hydrogen-bond acceptors (Lipinski definition) is 4. The maximum Gasteiger partial charge on any atom is 0.318 e. The smallest absolute Gasteiger partial charge is 0.318 e. The number of likely N-dealkylation sites (tertiary alicyclic amines) is 1. The summed E-state index contributed by atoms with van der Waals surface area (Å²) in [6.07, 6.45) is 2.47. The molecule has 6 heteroatoms. The summed E-state index contributed by atoms with van der Waals surface area (Å²) < 4.78 is 5.16. The Morgan fingerprint density at radius 3 is 2.63 bits per heavy atom. The molecule has 0 aliphatic carbocycles. The number of ether oxygens (including phenoxy) is 1. The molecule has 6 nitrogen and oxygen atoms in total. The molecule has 2 aromatic rings. The van der Waals surface area contributed by atoms with E-state index in [-0.39, 0.29) is 12.1 Å². The van der Waals surface area contributed by atoms with Crippen molar-refractivity contribution < 1.29 is 9.53 Å². The van der Waals surface area contributed by atoms with Crippen LogP contribution in [0.3, 0.4) is 0 Å². The average Bonchev–Trinajstić information content (AvgIpc) is 3.21. The Balaban J connectivity index is 1.65. The Bertz CT molecular complexity index is 732. The Morgan fingerprint density at radius 1 is 1.19 bits per heavy atom. The van der Waals surface area contributed by atoms with Gasteiger partial charge in [-0.15, -0.1) is 0 Å². The van der Waals surface area contributed by atoms with Crippen molar-refractivity contribution in [2.75, 3.05) is 33.8 Å². The van der Waals surface area contributed by atoms with Crippen molar-refractivity contribution in [3.05, 3.63) is 59.8 Å². The van der Waals surface area contributed by atoms with Gasteiger partial charge in [0.1, 0.15) is 0 Å². The van der Waals surface area contributed by atoms with E-state index in [9.17, 15) is 4.79 Å². The van der Waals surface area contributed by atoms with Gasteiger partial charge < -0.3 is 19.9 Å². The highest BCUT2D eigenvalue weighted by Gasteiger charge is 2.22. The van der Waals surface area contributed by atoms with E-state index in [1.807, 2.05) is 30.3 Å². The number of hydrogen-bond donors (Lipinski definition) is 1. The van der Waals surface area contributed by atoms with Crippen LogP contribution in [-0.4, -0.2) is 54.6 Å². The normalized spacial score (nSPS) is 15.3. The van der Waals surface area contributed by atoms with E-state index in [1.54, 1.807) is 25.1 Å². The average molecular weight is 368 g/mol. The zero-order valence-corrected chi connectivity index (χ0v) is 16.1. The standard InChI is InChI=1S/C21H28N4O2/c1-24(15-18-11-8-12-20(22-18)27-2)21(26)23-19(16-25-13-6-7-14-25)17-9-4-3-5-10-17/h3-5,8-12,19H,6-7,13-16H2,1-2H3,(H,23,26). The van der Waals surface area contributed by atoms with Crippen LogP contribution in [0, 0.1) is 0 Å². The Kier molecular flexibility index (Phi) is 6.65. The van der Waals surface area contributed by atoms with Gasteiger partial charge in [0, 0.05) is 19.7 Å². The zero-order valence-electron chi connectivity index (χ0n) is 16.1. The van der Waals surface area contributed by atoms with E-state index in [1.165, 1.54) is 12.8 Å². The molecule has 1 unspecified atom stereocenters. The number of urea groups is 1. The van der Waals surface area contributed by atoms with Gasteiger partial charge in [-0.25, -0.2) is 9.78 Å². The summed E-state index contributed by atoms with van der Waals surface area (Å²) in [6, 6.07) is 15.6. The van der Waals surface area contributed by atoms with Gasteiger partial charge in [0.25, 0.3) is 0 Å². The summed E-state index contributed by atoms with van der Waals surface area (Å²) in [7, 11) is 3.37. The molecule has 1 N–H and O–H groups in total. The van der Waals surface area contributed by atoms with Crippen molar-refractivity contribution >= 4 is 6.03 Å². The molecule has 27 heavy (non-hydrogen) atoms. The predicted octanol–water partition coefficient (Wildman–Crippen LogP) is 3.07. The van der Waals surface area contributed by atoms with Gasteiger partial charge in [0.15, 0.2) is 0 Å². The summed E-state index contributed by atoms with van der Waals surface area (Å²) in [6.45, 7) is 3.46. The maximum absolute atomic E-state index is 12.8. The van der Waals surface area contributed by atoms with E-state index in [0.29, 0.717) is 12.4 Å². The molecule has 3 rings (SSSR count). The highest BCUT2D eigenvalue weighted by atomic mass is 16.5. The maximum atomic E-state index is 12.8. The number of nitrogens with zero attached hydrogens (tertiary/aromatic N) is 3. The van der Waals surface area contributed by atoms with Gasteiger partial charge in [-0.05, 0) is 37.6 Å². The molecule has 0 radical (unpaired) electrons. The summed E-state index contributed by atoms with van der Waals surface area (Å²) in [5.41, 5.74) is 1.92. The second-order valence-electron chi connectivity index (χ2n) is 6.95. The minimum absolute atomic E-state index is 0.0301. The molecule has 2 amide bonds. The molecule has 1 aromatic heterocycles. The lowest BCUT2D eigenvalue weighted by atomic mass is 10.1. The lowest BCUT2D eigenvalue weighted by molar-refractivity contribution is 0.196. The number of carbonyl (C=O) groups excluding carboxylic acids is 1. The Hall–Kier alpha value is -2.60. The Labute approximate surface area is 161 Å². The summed E-state index contributed by atoms with van der Waals surface area (Å²) in [4.78, 5) is 21.3. The van der Waals surface area contributed by atoms with E-state index in [0.717, 1.165) is 30.9 Å². The first-order valence-electron chi connectivity index (χ1n) is 9.44. The summed E-state index contributed by atoms with van der Waals surface area (Å²) in [5, 5.41) is 3.20. The second kappa shape index (κ2) is 9.37. The number of aromatic nitrogens is 1. The van der Waals surface area contributed by atoms with E-state index in [4.69, 9.17) is 4.74 Å². The number of carbonyl (C=O) groups is 1. The van der Waals surface area contributed by atoms with Gasteiger partial charge >= 0.3 is 6.03 Å². The van der Waals surface area contributed by atoms with Crippen molar-refractivity contribution in [2.24, 2.45) is 0 Å². The molecule has 0 spiro atoms. The van der Waals surface area contributed by atoms with Crippen LogP contribution < -0.4 is 10.1 Å². The van der Waals surface area contributed by atoms with Gasteiger partial charge in [-0.1, -0.05) is 36.4 Å². The predicted molar refractivity (Wildman–Crippen MR) is 106 cm³/mol. The van der Waals surface area contributed by atoms with Crippen LogP contribution in [0.5, 0.6) is 5.88 Å². The summed E-state index contributed by atoms with van der Waals surface area (Å²) in [5.74, 6) is 0.553. The van der Waals surface area contributed by atoms with E-state index in [2.05, 4.69) is 27.3 Å². The second-order valence-corrected chi connectivity index (χ2v) is 6.95. The van der Waals surface area contributed by atoms with Crippen molar-refractivity contribution in [3.63, 3.8) is 0 Å². The third-order valence-electron chi connectivity index (χ3n) is 4.88. The monoisotopic (exact) mass is 368 g/mol.